The van der Waals surface area contributed by atoms with Crippen molar-refractivity contribution in [2.45, 2.75) is 32.4 Å². The maximum absolute atomic E-state index is 12.6. The number of hydrogen-bond acceptors (Lipinski definition) is 1. The van der Waals surface area contributed by atoms with Crippen LogP contribution in [0.15, 0.2) is 48.5 Å². The van der Waals surface area contributed by atoms with Crippen molar-refractivity contribution in [1.29, 1.82) is 0 Å². The summed E-state index contributed by atoms with van der Waals surface area (Å²) >= 11 is 0. The van der Waals surface area contributed by atoms with Gasteiger partial charge in [-0.25, -0.2) is 4.39 Å². The predicted octanol–water partition coefficient (Wildman–Crippen LogP) is 5.10. The number of aryl methyl sites for hydroxylation is 1. The van der Waals surface area contributed by atoms with Gasteiger partial charge in [-0.3, -0.25) is 0 Å². The molecule has 0 radical (unpaired) electrons. The normalized spacial score (nSPS) is 16.6. The molecule has 2 aromatic rings. The first-order valence-corrected chi connectivity index (χ1v) is 8.67. The number of alkyl halides is 1. The van der Waals surface area contributed by atoms with Crippen molar-refractivity contribution in [1.82, 2.24) is 4.90 Å². The lowest BCUT2D eigenvalue weighted by atomic mass is 9.90. The van der Waals surface area contributed by atoms with Gasteiger partial charge in [0.15, 0.2) is 0 Å². The van der Waals surface area contributed by atoms with Gasteiger partial charge in [0.25, 0.3) is 0 Å². The molecule has 1 saturated heterocycles. The number of rotatable bonds is 5. The first-order valence-electron chi connectivity index (χ1n) is 8.67. The van der Waals surface area contributed by atoms with Gasteiger partial charge in [0.05, 0.1) is 0 Å². The third kappa shape index (κ3) is 4.42. The maximum Gasteiger partial charge on any atom is 0.115 e. The van der Waals surface area contributed by atoms with E-state index in [0.717, 1.165) is 17.0 Å². The molecule has 0 atom stereocenters. The summed E-state index contributed by atoms with van der Waals surface area (Å²) in [5, 5.41) is 0. The third-order valence-corrected chi connectivity index (χ3v) is 5.07. The topological polar surface area (TPSA) is 3.24 Å². The van der Waals surface area contributed by atoms with E-state index < -0.39 is 6.67 Å². The molecule has 1 aliphatic heterocycles. The van der Waals surface area contributed by atoms with Crippen LogP contribution in [0.5, 0.6) is 0 Å². The van der Waals surface area contributed by atoms with Gasteiger partial charge >= 0.3 is 0 Å². The average molecular weight is 311 g/mol. The summed E-state index contributed by atoms with van der Waals surface area (Å²) < 4.78 is 12.6. The zero-order valence-corrected chi connectivity index (χ0v) is 14.0. The number of halogens is 1. The molecule has 1 aliphatic rings. The van der Waals surface area contributed by atoms with Gasteiger partial charge in [-0.1, -0.05) is 48.5 Å². The summed E-state index contributed by atoms with van der Waals surface area (Å²) in [6, 6.07) is 16.6. The van der Waals surface area contributed by atoms with E-state index in [-0.39, 0.29) is 0 Å². The van der Waals surface area contributed by atoms with Crippen LogP contribution in [0.25, 0.3) is 11.1 Å². The number of benzene rings is 2. The van der Waals surface area contributed by atoms with Crippen molar-refractivity contribution in [3.63, 3.8) is 0 Å². The van der Waals surface area contributed by atoms with E-state index >= 15 is 0 Å². The Morgan fingerprint density at radius 2 is 1.39 bits per heavy atom. The fourth-order valence-corrected chi connectivity index (χ4v) is 3.37. The van der Waals surface area contributed by atoms with Crippen LogP contribution < -0.4 is 0 Å². The second kappa shape index (κ2) is 7.74. The lowest BCUT2D eigenvalue weighted by molar-refractivity contribution is 0.212. The molecule has 122 valence electrons. The van der Waals surface area contributed by atoms with Crippen molar-refractivity contribution in [3.05, 3.63) is 59.7 Å². The van der Waals surface area contributed by atoms with E-state index in [9.17, 15) is 4.39 Å². The summed E-state index contributed by atoms with van der Waals surface area (Å²) in [6.07, 6.45) is 5.17. The SMILES string of the molecule is CN1CCC(CCc2ccc(-c3ccc(CF)cc3)cc2)CC1. The van der Waals surface area contributed by atoms with Gasteiger partial charge in [0, 0.05) is 0 Å². The lowest BCUT2D eigenvalue weighted by Gasteiger charge is -2.28. The zero-order chi connectivity index (χ0) is 16.1. The summed E-state index contributed by atoms with van der Waals surface area (Å²) in [5.74, 6) is 0.888. The van der Waals surface area contributed by atoms with Crippen LogP contribution >= 0.6 is 0 Å². The fraction of sp³-hybridized carbons (Fsp3) is 0.429. The molecule has 3 rings (SSSR count). The molecule has 0 unspecified atom stereocenters. The minimum atomic E-state index is -0.393. The van der Waals surface area contributed by atoms with Crippen molar-refractivity contribution in [2.24, 2.45) is 5.92 Å². The Bertz CT molecular complexity index is 595. The van der Waals surface area contributed by atoms with E-state index in [4.69, 9.17) is 0 Å². The Balaban J connectivity index is 1.56. The van der Waals surface area contributed by atoms with Crippen LogP contribution in [0.1, 0.15) is 30.4 Å². The summed E-state index contributed by atoms with van der Waals surface area (Å²) in [4.78, 5) is 2.43. The Morgan fingerprint density at radius 1 is 0.870 bits per heavy atom. The van der Waals surface area contributed by atoms with Crippen LogP contribution in [-0.4, -0.2) is 25.0 Å². The van der Waals surface area contributed by atoms with Crippen LogP contribution in [0.3, 0.4) is 0 Å². The molecule has 0 N–H and O–H groups in total. The van der Waals surface area contributed by atoms with E-state index in [1.807, 2.05) is 24.3 Å². The second-order valence-electron chi connectivity index (χ2n) is 6.81. The van der Waals surface area contributed by atoms with Crippen LogP contribution in [0.4, 0.5) is 4.39 Å². The second-order valence-corrected chi connectivity index (χ2v) is 6.81. The number of piperidine rings is 1. The molecule has 23 heavy (non-hydrogen) atoms. The minimum Gasteiger partial charge on any atom is -0.306 e. The monoisotopic (exact) mass is 311 g/mol. The zero-order valence-electron chi connectivity index (χ0n) is 14.0. The molecular weight excluding hydrogens is 285 g/mol. The molecule has 1 nitrogen and oxygen atoms in total. The third-order valence-electron chi connectivity index (χ3n) is 5.07. The van der Waals surface area contributed by atoms with Crippen LogP contribution in [-0.2, 0) is 13.1 Å². The number of nitrogens with zero attached hydrogens (tertiary/aromatic N) is 1. The fourth-order valence-electron chi connectivity index (χ4n) is 3.37. The Kier molecular flexibility index (Phi) is 5.45. The first-order chi connectivity index (χ1) is 11.2. The van der Waals surface area contributed by atoms with Gasteiger partial charge in [-0.05, 0) is 74.0 Å². The van der Waals surface area contributed by atoms with Crippen molar-refractivity contribution >= 4 is 0 Å². The molecule has 0 spiro atoms. The molecule has 0 aliphatic carbocycles. The molecule has 2 aromatic carbocycles. The van der Waals surface area contributed by atoms with E-state index in [0.29, 0.717) is 0 Å². The summed E-state index contributed by atoms with van der Waals surface area (Å²) in [6.45, 7) is 2.10. The molecule has 2 heteroatoms. The van der Waals surface area contributed by atoms with Gasteiger partial charge in [0.1, 0.15) is 6.67 Å². The Morgan fingerprint density at radius 3 is 1.91 bits per heavy atom. The molecule has 0 aromatic heterocycles. The first kappa shape index (κ1) is 16.2. The molecule has 0 saturated carbocycles. The molecule has 1 fully saturated rings. The number of hydrogen-bond donors (Lipinski definition) is 0. The molecular formula is C21H26FN. The van der Waals surface area contributed by atoms with Crippen molar-refractivity contribution < 1.29 is 4.39 Å². The van der Waals surface area contributed by atoms with Crippen LogP contribution in [0.2, 0.25) is 0 Å². The van der Waals surface area contributed by atoms with E-state index in [1.165, 1.54) is 49.9 Å². The standard InChI is InChI=1S/C21H26FN/c1-23-14-12-18(13-15-23)3-2-17-4-8-20(9-5-17)21-10-6-19(16-22)7-11-21/h4-11,18H,2-3,12-16H2,1H3. The Labute approximate surface area is 139 Å². The van der Waals surface area contributed by atoms with Crippen molar-refractivity contribution in [3.8, 4) is 11.1 Å². The predicted molar refractivity (Wildman–Crippen MR) is 95.2 cm³/mol. The largest absolute Gasteiger partial charge is 0.306 e. The van der Waals surface area contributed by atoms with E-state index in [1.54, 1.807) is 0 Å². The van der Waals surface area contributed by atoms with Gasteiger partial charge < -0.3 is 4.90 Å². The highest BCUT2D eigenvalue weighted by Crippen LogP contribution is 2.24. The van der Waals surface area contributed by atoms with Crippen molar-refractivity contribution in [2.75, 3.05) is 20.1 Å². The van der Waals surface area contributed by atoms with Gasteiger partial charge in [-0.15, -0.1) is 0 Å². The summed E-state index contributed by atoms with van der Waals surface area (Å²) in [7, 11) is 2.22. The smallest absolute Gasteiger partial charge is 0.115 e. The Hall–Kier alpha value is -1.67. The quantitative estimate of drug-likeness (QED) is 0.743. The molecule has 0 bridgehead atoms. The minimum absolute atomic E-state index is 0.393. The number of likely N-dealkylation sites (tertiary alicyclic amines) is 1. The molecule has 1 heterocycles. The van der Waals surface area contributed by atoms with Gasteiger partial charge in [0.2, 0.25) is 0 Å². The maximum atomic E-state index is 12.6. The highest BCUT2D eigenvalue weighted by molar-refractivity contribution is 5.63. The average Bonchev–Trinajstić information content (AvgIpc) is 2.62. The van der Waals surface area contributed by atoms with Gasteiger partial charge in [-0.2, -0.15) is 0 Å². The lowest BCUT2D eigenvalue weighted by Crippen LogP contribution is -2.30. The van der Waals surface area contributed by atoms with Crippen LogP contribution in [0, 0.1) is 5.92 Å². The molecule has 0 amide bonds. The summed E-state index contributed by atoms with van der Waals surface area (Å²) in [5.41, 5.74) is 4.53. The highest BCUT2D eigenvalue weighted by Gasteiger charge is 2.16. The highest BCUT2D eigenvalue weighted by atomic mass is 19.1. The van der Waals surface area contributed by atoms with E-state index in [2.05, 4.69) is 36.2 Å².